The quantitative estimate of drug-likeness (QED) is 0.843. The van der Waals surface area contributed by atoms with Crippen molar-refractivity contribution in [2.75, 3.05) is 19.7 Å². The third-order valence-corrected chi connectivity index (χ3v) is 3.36. The summed E-state index contributed by atoms with van der Waals surface area (Å²) in [6, 6.07) is 6.08. The van der Waals surface area contributed by atoms with Gasteiger partial charge in [-0.15, -0.1) is 0 Å². The number of benzene rings is 1. The van der Waals surface area contributed by atoms with Crippen LogP contribution in [0, 0.1) is 11.7 Å². The van der Waals surface area contributed by atoms with Gasteiger partial charge in [-0.3, -0.25) is 0 Å². The second-order valence-electron chi connectivity index (χ2n) is 4.77. The highest BCUT2D eigenvalue weighted by atomic mass is 19.1. The van der Waals surface area contributed by atoms with Crippen LogP contribution in [0.25, 0.3) is 0 Å². The van der Waals surface area contributed by atoms with E-state index in [1.165, 1.54) is 12.1 Å². The van der Waals surface area contributed by atoms with Crippen LogP contribution in [0.3, 0.4) is 0 Å². The fraction of sp³-hybridized carbons (Fsp3) is 0.571. The molecule has 3 nitrogen and oxygen atoms in total. The Hall–Kier alpha value is -1.13. The molecule has 0 aliphatic carbocycles. The van der Waals surface area contributed by atoms with Crippen LogP contribution in [0.15, 0.2) is 24.3 Å². The molecule has 0 amide bonds. The maximum Gasteiger partial charge on any atom is 0.126 e. The number of halogens is 1. The van der Waals surface area contributed by atoms with Crippen molar-refractivity contribution in [1.29, 1.82) is 0 Å². The summed E-state index contributed by atoms with van der Waals surface area (Å²) in [5.41, 5.74) is 0. The molecular weight excluding hydrogens is 233 g/mol. The minimum absolute atomic E-state index is 0.301. The highest BCUT2D eigenvalue weighted by Crippen LogP contribution is 2.18. The number of rotatable bonds is 5. The standard InChI is InChI=1S/C14H20FNO2/c15-12-4-1-5-13(9-12)18-8-6-14(17)11-3-2-7-16-10-11/h1,4-5,9,11,14,16-17H,2-3,6-8,10H2. The van der Waals surface area contributed by atoms with E-state index in [9.17, 15) is 9.50 Å². The molecule has 2 rings (SSSR count). The molecule has 0 spiro atoms. The maximum atomic E-state index is 12.9. The summed E-state index contributed by atoms with van der Waals surface area (Å²) in [4.78, 5) is 0. The van der Waals surface area contributed by atoms with E-state index < -0.39 is 0 Å². The van der Waals surface area contributed by atoms with Crippen LogP contribution in [0.4, 0.5) is 4.39 Å². The van der Waals surface area contributed by atoms with E-state index in [0.717, 1.165) is 25.9 Å². The van der Waals surface area contributed by atoms with Crippen molar-refractivity contribution in [2.24, 2.45) is 5.92 Å². The van der Waals surface area contributed by atoms with Crippen LogP contribution < -0.4 is 10.1 Å². The van der Waals surface area contributed by atoms with Crippen LogP contribution in [0.5, 0.6) is 5.75 Å². The number of piperidine rings is 1. The Bertz CT molecular complexity index is 367. The number of hydrogen-bond acceptors (Lipinski definition) is 3. The molecule has 0 saturated carbocycles. The molecule has 0 bridgehead atoms. The van der Waals surface area contributed by atoms with Gasteiger partial charge in [0.05, 0.1) is 12.7 Å². The van der Waals surface area contributed by atoms with Gasteiger partial charge >= 0.3 is 0 Å². The second-order valence-corrected chi connectivity index (χ2v) is 4.77. The van der Waals surface area contributed by atoms with Gasteiger partial charge in [-0.1, -0.05) is 6.07 Å². The molecule has 1 aromatic rings. The lowest BCUT2D eigenvalue weighted by Crippen LogP contribution is -2.37. The summed E-state index contributed by atoms with van der Waals surface area (Å²) in [5, 5.41) is 13.3. The average Bonchev–Trinajstić information content (AvgIpc) is 2.40. The summed E-state index contributed by atoms with van der Waals surface area (Å²) in [6.45, 7) is 2.34. The fourth-order valence-electron chi connectivity index (χ4n) is 2.30. The van der Waals surface area contributed by atoms with Gasteiger partial charge in [-0.2, -0.15) is 0 Å². The Morgan fingerprint density at radius 3 is 3.11 bits per heavy atom. The van der Waals surface area contributed by atoms with Gasteiger partial charge in [0.25, 0.3) is 0 Å². The lowest BCUT2D eigenvalue weighted by Gasteiger charge is -2.27. The summed E-state index contributed by atoms with van der Waals surface area (Å²) in [6.07, 6.45) is 2.43. The molecule has 4 heteroatoms. The highest BCUT2D eigenvalue weighted by Gasteiger charge is 2.21. The molecule has 0 radical (unpaired) electrons. The van der Waals surface area contributed by atoms with Crippen LogP contribution in [-0.2, 0) is 0 Å². The Morgan fingerprint density at radius 2 is 2.39 bits per heavy atom. The maximum absolute atomic E-state index is 12.9. The van der Waals surface area contributed by atoms with Crippen molar-refractivity contribution >= 4 is 0 Å². The third-order valence-electron chi connectivity index (χ3n) is 3.36. The molecular formula is C14H20FNO2. The monoisotopic (exact) mass is 253 g/mol. The Morgan fingerprint density at radius 1 is 1.50 bits per heavy atom. The minimum atomic E-state index is -0.341. The summed E-state index contributed by atoms with van der Waals surface area (Å²) in [7, 11) is 0. The third kappa shape index (κ3) is 3.96. The Balaban J connectivity index is 1.71. The smallest absolute Gasteiger partial charge is 0.126 e. The van der Waals surface area contributed by atoms with E-state index >= 15 is 0 Å². The van der Waals surface area contributed by atoms with Gasteiger partial charge in [0, 0.05) is 19.0 Å². The number of aliphatic hydroxyl groups excluding tert-OH is 1. The van der Waals surface area contributed by atoms with E-state index in [1.54, 1.807) is 12.1 Å². The summed E-state index contributed by atoms with van der Waals surface area (Å²) in [5.74, 6) is 0.531. The normalized spacial score (nSPS) is 21.6. The lowest BCUT2D eigenvalue weighted by molar-refractivity contribution is 0.0702. The molecule has 1 aliphatic rings. The molecule has 100 valence electrons. The molecule has 2 atom stereocenters. The average molecular weight is 253 g/mol. The van der Waals surface area contributed by atoms with Gasteiger partial charge in [0.1, 0.15) is 11.6 Å². The molecule has 1 heterocycles. The lowest BCUT2D eigenvalue weighted by atomic mass is 9.92. The van der Waals surface area contributed by atoms with Crippen molar-refractivity contribution in [3.8, 4) is 5.75 Å². The van der Waals surface area contributed by atoms with Gasteiger partial charge in [0.15, 0.2) is 0 Å². The fourth-order valence-corrected chi connectivity index (χ4v) is 2.30. The zero-order valence-electron chi connectivity index (χ0n) is 10.4. The molecule has 1 aromatic carbocycles. The Labute approximate surface area is 107 Å². The predicted octanol–water partition coefficient (Wildman–Crippen LogP) is 1.96. The van der Waals surface area contributed by atoms with Crippen LogP contribution in [0.2, 0.25) is 0 Å². The number of ether oxygens (including phenoxy) is 1. The largest absolute Gasteiger partial charge is 0.493 e. The Kier molecular flexibility index (Phi) is 4.96. The second kappa shape index (κ2) is 6.71. The van der Waals surface area contributed by atoms with Crippen molar-refractivity contribution in [1.82, 2.24) is 5.32 Å². The minimum Gasteiger partial charge on any atom is -0.493 e. The first kappa shape index (κ1) is 13.3. The molecule has 1 saturated heterocycles. The molecule has 2 unspecified atom stereocenters. The first-order chi connectivity index (χ1) is 8.75. The summed E-state index contributed by atoms with van der Waals surface area (Å²) >= 11 is 0. The van der Waals surface area contributed by atoms with Gasteiger partial charge in [-0.05, 0) is 37.4 Å². The molecule has 1 fully saturated rings. The van der Waals surface area contributed by atoms with Gasteiger partial charge in [-0.25, -0.2) is 4.39 Å². The van der Waals surface area contributed by atoms with Gasteiger partial charge < -0.3 is 15.2 Å². The predicted molar refractivity (Wildman–Crippen MR) is 68.1 cm³/mol. The van der Waals surface area contributed by atoms with E-state index in [1.807, 2.05) is 0 Å². The zero-order chi connectivity index (χ0) is 12.8. The van der Waals surface area contributed by atoms with Gasteiger partial charge in [0.2, 0.25) is 0 Å². The van der Waals surface area contributed by atoms with E-state index in [0.29, 0.717) is 24.7 Å². The SMILES string of the molecule is OC(CCOc1cccc(F)c1)C1CCCNC1. The first-order valence-corrected chi connectivity index (χ1v) is 6.53. The number of aliphatic hydroxyl groups is 1. The number of hydrogen-bond donors (Lipinski definition) is 2. The number of nitrogens with one attached hydrogen (secondary N) is 1. The van der Waals surface area contributed by atoms with E-state index in [4.69, 9.17) is 4.74 Å². The first-order valence-electron chi connectivity index (χ1n) is 6.53. The molecule has 2 N–H and O–H groups in total. The van der Waals surface area contributed by atoms with E-state index in [2.05, 4.69) is 5.32 Å². The zero-order valence-corrected chi connectivity index (χ0v) is 10.4. The molecule has 0 aromatic heterocycles. The van der Waals surface area contributed by atoms with Crippen LogP contribution in [0.1, 0.15) is 19.3 Å². The van der Waals surface area contributed by atoms with Crippen molar-refractivity contribution < 1.29 is 14.2 Å². The van der Waals surface area contributed by atoms with Crippen molar-refractivity contribution in [2.45, 2.75) is 25.4 Å². The van der Waals surface area contributed by atoms with Crippen molar-refractivity contribution in [3.05, 3.63) is 30.1 Å². The van der Waals surface area contributed by atoms with Crippen LogP contribution >= 0.6 is 0 Å². The summed E-state index contributed by atoms with van der Waals surface area (Å²) < 4.78 is 18.3. The highest BCUT2D eigenvalue weighted by molar-refractivity contribution is 5.22. The van der Waals surface area contributed by atoms with Crippen molar-refractivity contribution in [3.63, 3.8) is 0 Å². The molecule has 18 heavy (non-hydrogen) atoms. The topological polar surface area (TPSA) is 41.5 Å². The van der Waals surface area contributed by atoms with Crippen LogP contribution in [-0.4, -0.2) is 30.9 Å². The van der Waals surface area contributed by atoms with E-state index in [-0.39, 0.29) is 11.9 Å². The molecule has 1 aliphatic heterocycles.